The maximum Gasteiger partial charge on any atom is 0.240 e. The van der Waals surface area contributed by atoms with E-state index in [0.717, 1.165) is 32.4 Å². The van der Waals surface area contributed by atoms with Gasteiger partial charge in [0.2, 0.25) is 5.91 Å². The number of carbonyl (C=O) groups excluding carboxylic acids is 1. The van der Waals surface area contributed by atoms with Gasteiger partial charge in [0, 0.05) is 13.1 Å². The molecule has 0 radical (unpaired) electrons. The van der Waals surface area contributed by atoms with E-state index < -0.39 is 0 Å². The molecule has 1 unspecified atom stereocenters. The smallest absolute Gasteiger partial charge is 0.240 e. The molecule has 19 heavy (non-hydrogen) atoms. The third kappa shape index (κ3) is 2.38. The van der Waals surface area contributed by atoms with Gasteiger partial charge in [-0.3, -0.25) is 4.79 Å². The lowest BCUT2D eigenvalue weighted by Gasteiger charge is -2.31. The van der Waals surface area contributed by atoms with E-state index in [0.29, 0.717) is 0 Å². The van der Waals surface area contributed by atoms with Gasteiger partial charge in [-0.25, -0.2) is 0 Å². The van der Waals surface area contributed by atoms with Crippen molar-refractivity contribution in [1.29, 1.82) is 0 Å². The minimum absolute atomic E-state index is 0.0199. The molecular formula is C15H20N2O2. The van der Waals surface area contributed by atoms with Crippen LogP contribution in [0.25, 0.3) is 0 Å². The van der Waals surface area contributed by atoms with E-state index in [-0.39, 0.29) is 24.6 Å². The highest BCUT2D eigenvalue weighted by Gasteiger charge is 2.34. The van der Waals surface area contributed by atoms with Gasteiger partial charge in [0.1, 0.15) is 0 Å². The third-order valence-corrected chi connectivity index (χ3v) is 4.25. The number of amides is 1. The van der Waals surface area contributed by atoms with Crippen LogP contribution in [0.4, 0.5) is 0 Å². The molecule has 2 N–H and O–H groups in total. The summed E-state index contributed by atoms with van der Waals surface area (Å²) in [5, 5.41) is 12.7. The molecule has 3 rings (SSSR count). The lowest BCUT2D eigenvalue weighted by Crippen LogP contribution is -2.51. The number of rotatable bonds is 2. The van der Waals surface area contributed by atoms with Crippen molar-refractivity contribution in [3.05, 3.63) is 35.4 Å². The van der Waals surface area contributed by atoms with Gasteiger partial charge < -0.3 is 15.3 Å². The zero-order chi connectivity index (χ0) is 13.2. The zero-order valence-corrected chi connectivity index (χ0v) is 11.0. The van der Waals surface area contributed by atoms with Gasteiger partial charge in [0.05, 0.1) is 18.7 Å². The molecule has 0 bridgehead atoms. The number of aliphatic hydroxyl groups excluding tert-OH is 1. The van der Waals surface area contributed by atoms with Crippen LogP contribution in [0.2, 0.25) is 0 Å². The van der Waals surface area contributed by atoms with Crippen molar-refractivity contribution in [2.24, 2.45) is 0 Å². The molecule has 0 spiro atoms. The Hall–Kier alpha value is -1.39. The molecule has 1 amide bonds. The summed E-state index contributed by atoms with van der Waals surface area (Å²) >= 11 is 0. The number of hydrogen-bond acceptors (Lipinski definition) is 3. The Kier molecular flexibility index (Phi) is 3.53. The Morgan fingerprint density at radius 3 is 2.95 bits per heavy atom. The van der Waals surface area contributed by atoms with Crippen molar-refractivity contribution in [2.75, 3.05) is 13.2 Å². The Morgan fingerprint density at radius 2 is 2.16 bits per heavy atom. The summed E-state index contributed by atoms with van der Waals surface area (Å²) in [4.78, 5) is 14.4. The van der Waals surface area contributed by atoms with E-state index in [2.05, 4.69) is 17.4 Å². The lowest BCUT2D eigenvalue weighted by atomic mass is 9.95. The van der Waals surface area contributed by atoms with Gasteiger partial charge in [0.15, 0.2) is 0 Å². The number of carbonyl (C=O) groups is 1. The Labute approximate surface area is 113 Å². The van der Waals surface area contributed by atoms with Crippen molar-refractivity contribution in [3.8, 4) is 0 Å². The summed E-state index contributed by atoms with van der Waals surface area (Å²) in [7, 11) is 0. The molecule has 2 aliphatic heterocycles. The van der Waals surface area contributed by atoms with Crippen molar-refractivity contribution >= 4 is 5.91 Å². The van der Waals surface area contributed by atoms with Crippen LogP contribution in [-0.4, -0.2) is 41.1 Å². The van der Waals surface area contributed by atoms with Crippen LogP contribution in [-0.2, 0) is 17.8 Å². The van der Waals surface area contributed by atoms with E-state index >= 15 is 0 Å². The van der Waals surface area contributed by atoms with Gasteiger partial charge >= 0.3 is 0 Å². The van der Waals surface area contributed by atoms with Crippen LogP contribution in [0, 0.1) is 0 Å². The number of benzene rings is 1. The first-order valence-corrected chi connectivity index (χ1v) is 7.01. The predicted octanol–water partition coefficient (Wildman–Crippen LogP) is 0.684. The molecular weight excluding hydrogens is 240 g/mol. The molecule has 102 valence electrons. The monoisotopic (exact) mass is 260 g/mol. The summed E-state index contributed by atoms with van der Waals surface area (Å²) in [6, 6.07) is 8.15. The highest BCUT2D eigenvalue weighted by molar-refractivity contribution is 5.83. The molecule has 0 aliphatic carbocycles. The maximum atomic E-state index is 12.5. The number of nitrogens with zero attached hydrogens (tertiary/aromatic N) is 1. The Bertz CT molecular complexity index is 475. The molecule has 2 heterocycles. The topological polar surface area (TPSA) is 52.6 Å². The summed E-state index contributed by atoms with van der Waals surface area (Å²) in [5.41, 5.74) is 2.55. The summed E-state index contributed by atoms with van der Waals surface area (Å²) in [6.07, 6.45) is 2.68. The van der Waals surface area contributed by atoms with Crippen LogP contribution in [0.1, 0.15) is 24.0 Å². The predicted molar refractivity (Wildman–Crippen MR) is 72.6 cm³/mol. The number of fused-ring (bicyclic) bond motifs is 1. The van der Waals surface area contributed by atoms with E-state index in [1.807, 2.05) is 17.0 Å². The molecule has 4 heteroatoms. The van der Waals surface area contributed by atoms with Crippen LogP contribution < -0.4 is 5.32 Å². The Balaban J connectivity index is 1.72. The second kappa shape index (κ2) is 5.31. The number of hydrogen-bond donors (Lipinski definition) is 2. The fourth-order valence-corrected chi connectivity index (χ4v) is 3.14. The zero-order valence-electron chi connectivity index (χ0n) is 11.0. The second-order valence-electron chi connectivity index (χ2n) is 5.42. The Morgan fingerprint density at radius 1 is 1.37 bits per heavy atom. The van der Waals surface area contributed by atoms with Gasteiger partial charge in [-0.1, -0.05) is 24.3 Å². The van der Waals surface area contributed by atoms with Crippen molar-refractivity contribution in [1.82, 2.24) is 10.2 Å². The average molecular weight is 260 g/mol. The quantitative estimate of drug-likeness (QED) is 0.822. The van der Waals surface area contributed by atoms with Crippen molar-refractivity contribution in [2.45, 2.75) is 37.9 Å². The summed E-state index contributed by atoms with van der Waals surface area (Å²) in [5.74, 6) is 0.144. The number of nitrogens with one attached hydrogen (secondary N) is 1. The summed E-state index contributed by atoms with van der Waals surface area (Å²) < 4.78 is 0. The summed E-state index contributed by atoms with van der Waals surface area (Å²) in [6.45, 7) is 1.61. The van der Waals surface area contributed by atoms with Crippen LogP contribution in [0.3, 0.4) is 0 Å². The fourth-order valence-electron chi connectivity index (χ4n) is 3.14. The molecule has 0 saturated carbocycles. The SMILES string of the molecule is O=C(C1Cc2ccccc2CN1)N1CCC[C@H]1CO. The largest absolute Gasteiger partial charge is 0.394 e. The third-order valence-electron chi connectivity index (χ3n) is 4.25. The van der Waals surface area contributed by atoms with Crippen LogP contribution in [0.15, 0.2) is 24.3 Å². The van der Waals surface area contributed by atoms with E-state index in [9.17, 15) is 9.90 Å². The second-order valence-corrected chi connectivity index (χ2v) is 5.42. The van der Waals surface area contributed by atoms with Gasteiger partial charge in [0.25, 0.3) is 0 Å². The normalized spacial score (nSPS) is 26.3. The highest BCUT2D eigenvalue weighted by atomic mass is 16.3. The van der Waals surface area contributed by atoms with Crippen LogP contribution >= 0.6 is 0 Å². The molecule has 1 aromatic carbocycles. The first kappa shape index (κ1) is 12.6. The van der Waals surface area contributed by atoms with Gasteiger partial charge in [-0.2, -0.15) is 0 Å². The molecule has 4 nitrogen and oxygen atoms in total. The molecule has 1 fully saturated rings. The van der Waals surface area contributed by atoms with Crippen molar-refractivity contribution in [3.63, 3.8) is 0 Å². The minimum Gasteiger partial charge on any atom is -0.394 e. The van der Waals surface area contributed by atoms with Gasteiger partial charge in [-0.05, 0) is 30.4 Å². The van der Waals surface area contributed by atoms with Crippen LogP contribution in [0.5, 0.6) is 0 Å². The average Bonchev–Trinajstić information content (AvgIpc) is 2.94. The standard InChI is InChI=1S/C15H20N2O2/c18-10-13-6-3-7-17(13)15(19)14-8-11-4-1-2-5-12(11)9-16-14/h1-2,4-5,13-14,16,18H,3,6-10H2/t13-,14?/m0/s1. The molecule has 1 aromatic rings. The van der Waals surface area contributed by atoms with Crippen molar-refractivity contribution < 1.29 is 9.90 Å². The maximum absolute atomic E-state index is 12.5. The van der Waals surface area contributed by atoms with E-state index in [4.69, 9.17) is 0 Å². The number of likely N-dealkylation sites (tertiary alicyclic amines) is 1. The highest BCUT2D eigenvalue weighted by Crippen LogP contribution is 2.22. The lowest BCUT2D eigenvalue weighted by molar-refractivity contribution is -0.135. The molecule has 2 aliphatic rings. The molecule has 0 aromatic heterocycles. The molecule has 2 atom stereocenters. The van der Waals surface area contributed by atoms with Gasteiger partial charge in [-0.15, -0.1) is 0 Å². The first-order chi connectivity index (χ1) is 9.29. The minimum atomic E-state index is -0.137. The fraction of sp³-hybridized carbons (Fsp3) is 0.533. The van der Waals surface area contributed by atoms with E-state index in [1.165, 1.54) is 11.1 Å². The molecule has 1 saturated heterocycles. The first-order valence-electron chi connectivity index (χ1n) is 7.01. The number of aliphatic hydroxyl groups is 1. The van der Waals surface area contributed by atoms with E-state index in [1.54, 1.807) is 0 Å².